The Morgan fingerprint density at radius 1 is 0.567 bits per heavy atom. The quantitative estimate of drug-likeness (QED) is 0.0448. The van der Waals surface area contributed by atoms with E-state index in [-0.39, 0.29) is 121 Å². The molecule has 0 aliphatic rings. The van der Waals surface area contributed by atoms with Crippen LogP contribution in [0.3, 0.4) is 0 Å². The number of aliphatic hydroxyl groups is 1. The molecule has 0 saturated carbocycles. The molecular formula is C42H69Br2KO15. The molecule has 2 N–H and O–H groups in total. The molecule has 0 spiro atoms. The van der Waals surface area contributed by atoms with Crippen molar-refractivity contribution in [1.82, 2.24) is 0 Å². The molecule has 0 fully saturated rings. The van der Waals surface area contributed by atoms with Gasteiger partial charge in [-0.15, -0.1) is 13.2 Å². The van der Waals surface area contributed by atoms with E-state index in [9.17, 15) is 28.8 Å². The van der Waals surface area contributed by atoms with Gasteiger partial charge < -0.3 is 43.7 Å². The molecule has 0 aromatic carbocycles. The summed E-state index contributed by atoms with van der Waals surface area (Å²) in [6.07, 6.45) is 7.91. The number of carbonyl (C=O) groups excluding carboxylic acids is 6. The molecule has 0 saturated heterocycles. The molecule has 0 bridgehead atoms. The smallest absolute Gasteiger partial charge is 0.870 e. The number of ether oxygens (including phenoxy) is 7. The molecule has 18 heteroatoms. The van der Waals surface area contributed by atoms with Crippen molar-refractivity contribution in [3.05, 3.63) is 75.4 Å². The van der Waals surface area contributed by atoms with Gasteiger partial charge in [-0.05, 0) is 68.7 Å². The summed E-state index contributed by atoms with van der Waals surface area (Å²) in [6.45, 7) is 36.5. The van der Waals surface area contributed by atoms with Crippen molar-refractivity contribution in [2.45, 2.75) is 89.4 Å². The van der Waals surface area contributed by atoms with E-state index in [2.05, 4.69) is 80.8 Å². The minimum atomic E-state index is -1.24. The van der Waals surface area contributed by atoms with Crippen LogP contribution in [0.2, 0.25) is 0 Å². The first-order valence-electron chi connectivity index (χ1n) is 17.6. The summed E-state index contributed by atoms with van der Waals surface area (Å²) in [6, 6.07) is 0. The summed E-state index contributed by atoms with van der Waals surface area (Å²) < 4.78 is 32.5. The van der Waals surface area contributed by atoms with Crippen LogP contribution in [0, 0.1) is 10.8 Å². The van der Waals surface area contributed by atoms with Crippen LogP contribution in [-0.2, 0) is 61.9 Å². The van der Waals surface area contributed by atoms with Gasteiger partial charge in [0.15, 0.2) is 5.60 Å². The van der Waals surface area contributed by atoms with Gasteiger partial charge in [0.25, 0.3) is 0 Å². The zero-order chi connectivity index (χ0) is 47.0. The van der Waals surface area contributed by atoms with E-state index in [0.29, 0.717) is 5.57 Å². The molecule has 0 aliphatic carbocycles. The fourth-order valence-corrected chi connectivity index (χ4v) is 4.86. The zero-order valence-electron chi connectivity index (χ0n) is 38.0. The first-order chi connectivity index (χ1) is 26.5. The van der Waals surface area contributed by atoms with Gasteiger partial charge in [-0.3, -0.25) is 19.2 Å². The summed E-state index contributed by atoms with van der Waals surface area (Å²) in [5, 5.41) is 7.76. The number of hydrogen-bond donors (Lipinski definition) is 1. The van der Waals surface area contributed by atoms with Crippen LogP contribution in [0.15, 0.2) is 75.4 Å². The predicted molar refractivity (Wildman–Crippen MR) is 235 cm³/mol. The standard InChI is InChI=1S/C15H24O5.C12H19BrO4.C7H11BrO2.C5H8O2.C3H6O.K.H2O/c1-7-9-19-12(16)14(3,4)11-15(5,13(17)18-6)20-10-8-2;1-6-7-17-9(14)11(2,3)8-12(4,13)10(15)16-5;1-4-5-10-6(9)7(2,3)8;1-4(2)5(6)7-3;1-2-3-4;;/h7-8H,1-2,9-11H2,3-6H3;6H,1,7-8H2,2-5H3;4H,1,5H2,2-3H3;1H2,2-3H3;2,4H,1,3H2;;1H2/q;;;;;+1;/p-1. The second kappa shape index (κ2) is 38.4. The predicted octanol–water partition coefficient (Wildman–Crippen LogP) is 4.34. The van der Waals surface area contributed by atoms with E-state index in [1.54, 1.807) is 62.3 Å². The van der Waals surface area contributed by atoms with Crippen LogP contribution in [-0.4, -0.2) is 115 Å². The Balaban J connectivity index is -0.000000127. The van der Waals surface area contributed by atoms with Gasteiger partial charge in [-0.2, -0.15) is 0 Å². The number of methoxy groups -OCH3 is 3. The molecule has 2 unspecified atom stereocenters. The van der Waals surface area contributed by atoms with Crippen molar-refractivity contribution in [3.8, 4) is 0 Å². The van der Waals surface area contributed by atoms with Crippen LogP contribution in [0.25, 0.3) is 0 Å². The number of halogens is 2. The molecule has 0 rings (SSSR count). The largest absolute Gasteiger partial charge is 1.00 e. The van der Waals surface area contributed by atoms with Crippen LogP contribution in [0.4, 0.5) is 0 Å². The number of aliphatic hydroxyl groups excluding tert-OH is 1. The molecule has 342 valence electrons. The van der Waals surface area contributed by atoms with E-state index in [0.717, 1.165) is 0 Å². The van der Waals surface area contributed by atoms with Crippen LogP contribution >= 0.6 is 31.9 Å². The third-order valence-corrected chi connectivity index (χ3v) is 7.48. The minimum Gasteiger partial charge on any atom is -0.870 e. The van der Waals surface area contributed by atoms with Gasteiger partial charge in [-0.1, -0.05) is 88.6 Å². The molecule has 0 radical (unpaired) electrons. The Bertz CT molecular complexity index is 1350. The maximum absolute atomic E-state index is 12.0. The molecule has 60 heavy (non-hydrogen) atoms. The Morgan fingerprint density at radius 2 is 0.900 bits per heavy atom. The molecule has 2 atom stereocenters. The second-order valence-electron chi connectivity index (χ2n) is 14.0. The van der Waals surface area contributed by atoms with E-state index >= 15 is 0 Å². The van der Waals surface area contributed by atoms with E-state index in [1.165, 1.54) is 51.7 Å². The van der Waals surface area contributed by atoms with Gasteiger partial charge in [0.1, 0.15) is 28.5 Å². The second-order valence-corrected chi connectivity index (χ2v) is 17.7. The number of carbonyl (C=O) groups is 6. The van der Waals surface area contributed by atoms with Gasteiger partial charge >= 0.3 is 87.2 Å². The fraction of sp³-hybridized carbons (Fsp3) is 0.571. The summed E-state index contributed by atoms with van der Waals surface area (Å²) in [5.74, 6) is -2.36. The average Bonchev–Trinajstić information content (AvgIpc) is 3.15. The zero-order valence-corrected chi connectivity index (χ0v) is 44.3. The SMILES string of the molecule is C=C(C)C(=O)OC.C=CCO.C=CCOC(=O)C(C)(C)Br.C=CCOC(=O)C(C)(C)CC(C)(Br)C(=O)OC.C=CCOC(=O)C(C)(C)CC(C)(OCC=C)C(=O)OC.[K+].[OH-]. The van der Waals surface area contributed by atoms with E-state index in [1.807, 2.05) is 0 Å². The van der Waals surface area contributed by atoms with Gasteiger partial charge in [0, 0.05) is 12.0 Å². The molecular weight excluding hydrogens is 943 g/mol. The Hall–Kier alpha value is -2.26. The van der Waals surface area contributed by atoms with Crippen LogP contribution < -0.4 is 51.4 Å². The summed E-state index contributed by atoms with van der Waals surface area (Å²) in [7, 11) is 3.92. The van der Waals surface area contributed by atoms with Crippen molar-refractivity contribution in [1.29, 1.82) is 0 Å². The van der Waals surface area contributed by atoms with Crippen LogP contribution in [0.1, 0.15) is 75.2 Å². The van der Waals surface area contributed by atoms with Crippen molar-refractivity contribution in [2.75, 3.05) is 54.4 Å². The number of hydrogen-bond acceptors (Lipinski definition) is 15. The molecule has 0 aromatic heterocycles. The average molecular weight is 1010 g/mol. The van der Waals surface area contributed by atoms with Gasteiger partial charge in [0.2, 0.25) is 0 Å². The summed E-state index contributed by atoms with van der Waals surface area (Å²) >= 11 is 6.44. The summed E-state index contributed by atoms with van der Waals surface area (Å²) in [4.78, 5) is 68.3. The van der Waals surface area contributed by atoms with Crippen molar-refractivity contribution in [3.63, 3.8) is 0 Å². The molecule has 0 aliphatic heterocycles. The van der Waals surface area contributed by atoms with E-state index < -0.39 is 43.0 Å². The molecule has 15 nitrogen and oxygen atoms in total. The number of rotatable bonds is 20. The Kier molecular flexibility index (Phi) is 46.2. The third kappa shape index (κ3) is 36.4. The Labute approximate surface area is 417 Å². The normalized spacial score (nSPS) is 11.9. The maximum Gasteiger partial charge on any atom is 1.00 e. The molecule has 0 amide bonds. The van der Waals surface area contributed by atoms with Crippen molar-refractivity contribution in [2.24, 2.45) is 10.8 Å². The van der Waals surface area contributed by atoms with E-state index in [4.69, 9.17) is 28.8 Å². The number of esters is 6. The Morgan fingerprint density at radius 3 is 1.15 bits per heavy atom. The first kappa shape index (κ1) is 72.2. The minimum absolute atomic E-state index is 0. The van der Waals surface area contributed by atoms with Crippen LogP contribution in [0.5, 0.6) is 0 Å². The molecule has 0 aromatic rings. The van der Waals surface area contributed by atoms with Gasteiger partial charge in [0.05, 0.1) is 45.4 Å². The number of alkyl halides is 2. The fourth-order valence-electron chi connectivity index (χ4n) is 3.88. The van der Waals surface area contributed by atoms with Crippen molar-refractivity contribution < 1.29 is 124 Å². The monoisotopic (exact) mass is 1010 g/mol. The third-order valence-electron chi connectivity index (χ3n) is 6.55. The summed E-state index contributed by atoms with van der Waals surface area (Å²) in [5.41, 5.74) is -2.48. The maximum atomic E-state index is 12.0. The molecule has 0 heterocycles. The first-order valence-corrected chi connectivity index (χ1v) is 19.2. The topological polar surface area (TPSA) is 217 Å². The van der Waals surface area contributed by atoms with Gasteiger partial charge in [-0.25, -0.2) is 9.59 Å². The van der Waals surface area contributed by atoms with Crippen molar-refractivity contribution >= 4 is 67.7 Å².